The number of nitrogens with zero attached hydrogens (tertiary/aromatic N) is 1. The van der Waals surface area contributed by atoms with Gasteiger partial charge in [-0.1, -0.05) is 25.8 Å². The van der Waals surface area contributed by atoms with E-state index in [9.17, 15) is 0 Å². The summed E-state index contributed by atoms with van der Waals surface area (Å²) >= 11 is 0. The normalized spacial score (nSPS) is 22.9. The number of anilines is 2. The van der Waals surface area contributed by atoms with Crippen LogP contribution >= 0.6 is 0 Å². The monoisotopic (exact) mass is 269 g/mol. The molecule has 0 aliphatic heterocycles. The summed E-state index contributed by atoms with van der Waals surface area (Å²) in [4.78, 5) is 4.13. The van der Waals surface area contributed by atoms with E-state index in [-0.39, 0.29) is 0 Å². The number of nitrogen functional groups attached to an aromatic ring is 1. The third-order valence-electron chi connectivity index (χ3n) is 4.58. The third kappa shape index (κ3) is 2.72. The lowest BCUT2D eigenvalue weighted by Crippen LogP contribution is -2.20. The van der Waals surface area contributed by atoms with Crippen LogP contribution in [0.5, 0.6) is 0 Å². The maximum absolute atomic E-state index is 6.27. The van der Waals surface area contributed by atoms with Gasteiger partial charge in [-0.25, -0.2) is 0 Å². The van der Waals surface area contributed by atoms with Crippen molar-refractivity contribution in [3.05, 3.63) is 30.6 Å². The van der Waals surface area contributed by atoms with Gasteiger partial charge in [-0.2, -0.15) is 0 Å². The largest absolute Gasteiger partial charge is 0.397 e. The molecule has 0 amide bonds. The van der Waals surface area contributed by atoms with Gasteiger partial charge in [-0.05, 0) is 36.8 Å². The van der Waals surface area contributed by atoms with Crippen LogP contribution < -0.4 is 11.1 Å². The van der Waals surface area contributed by atoms with E-state index in [4.69, 9.17) is 5.73 Å². The first-order chi connectivity index (χ1) is 9.74. The van der Waals surface area contributed by atoms with Crippen LogP contribution in [-0.2, 0) is 0 Å². The minimum Gasteiger partial charge on any atom is -0.397 e. The highest BCUT2D eigenvalue weighted by Crippen LogP contribution is 2.31. The van der Waals surface area contributed by atoms with E-state index in [1.165, 1.54) is 25.7 Å². The average molecular weight is 269 g/mol. The second-order valence-corrected chi connectivity index (χ2v) is 6.13. The fraction of sp³-hybridized carbons (Fsp3) is 0.471. The molecule has 1 aliphatic carbocycles. The third-order valence-corrected chi connectivity index (χ3v) is 4.58. The number of hydrogen-bond acceptors (Lipinski definition) is 3. The molecule has 1 aromatic carbocycles. The molecule has 0 atom stereocenters. The highest BCUT2D eigenvalue weighted by molar-refractivity contribution is 5.98. The number of pyridine rings is 1. The van der Waals surface area contributed by atoms with Crippen LogP contribution in [0.4, 0.5) is 11.4 Å². The van der Waals surface area contributed by atoms with Gasteiger partial charge in [0.05, 0.1) is 11.4 Å². The van der Waals surface area contributed by atoms with Crippen molar-refractivity contribution in [1.82, 2.24) is 4.98 Å². The number of benzene rings is 1. The quantitative estimate of drug-likeness (QED) is 0.826. The number of rotatable bonds is 3. The molecule has 0 bridgehead atoms. The zero-order valence-electron chi connectivity index (χ0n) is 12.1. The Balaban J connectivity index is 1.70. The Morgan fingerprint density at radius 3 is 2.80 bits per heavy atom. The van der Waals surface area contributed by atoms with Gasteiger partial charge in [0, 0.05) is 29.7 Å². The number of hydrogen-bond donors (Lipinski definition) is 2. The first-order valence-corrected chi connectivity index (χ1v) is 7.60. The van der Waals surface area contributed by atoms with Gasteiger partial charge in [0.1, 0.15) is 0 Å². The molecule has 0 saturated heterocycles. The van der Waals surface area contributed by atoms with Gasteiger partial charge >= 0.3 is 0 Å². The lowest BCUT2D eigenvalue weighted by Gasteiger charge is -2.26. The van der Waals surface area contributed by atoms with Gasteiger partial charge in [-0.3, -0.25) is 4.98 Å². The highest BCUT2D eigenvalue weighted by Gasteiger charge is 2.18. The number of nitrogens with two attached hydrogens (primary N) is 1. The van der Waals surface area contributed by atoms with Crippen molar-refractivity contribution in [2.75, 3.05) is 17.6 Å². The van der Waals surface area contributed by atoms with Crippen molar-refractivity contribution in [3.63, 3.8) is 0 Å². The zero-order chi connectivity index (χ0) is 13.9. The Morgan fingerprint density at radius 2 is 2.00 bits per heavy atom. The zero-order valence-corrected chi connectivity index (χ0v) is 12.1. The summed E-state index contributed by atoms with van der Waals surface area (Å²) in [5.74, 6) is 1.70. The maximum atomic E-state index is 6.27. The summed E-state index contributed by atoms with van der Waals surface area (Å²) in [6.07, 6.45) is 9.07. The van der Waals surface area contributed by atoms with Gasteiger partial charge in [0.25, 0.3) is 0 Å². The summed E-state index contributed by atoms with van der Waals surface area (Å²) in [6.45, 7) is 3.40. The second kappa shape index (κ2) is 5.70. The van der Waals surface area contributed by atoms with E-state index in [0.717, 1.165) is 40.5 Å². The molecule has 3 heteroatoms. The molecule has 3 N–H and O–H groups in total. The molecule has 20 heavy (non-hydrogen) atoms. The molecule has 1 fully saturated rings. The highest BCUT2D eigenvalue weighted by atomic mass is 14.9. The first kappa shape index (κ1) is 13.2. The van der Waals surface area contributed by atoms with Crippen molar-refractivity contribution >= 4 is 22.1 Å². The summed E-state index contributed by atoms with van der Waals surface area (Å²) in [5.41, 5.74) is 8.17. The van der Waals surface area contributed by atoms with E-state index in [1.54, 1.807) is 6.20 Å². The van der Waals surface area contributed by atoms with Crippen LogP contribution in [0.2, 0.25) is 0 Å². The lowest BCUT2D eigenvalue weighted by atomic mass is 9.83. The van der Waals surface area contributed by atoms with Crippen molar-refractivity contribution in [2.45, 2.75) is 32.6 Å². The van der Waals surface area contributed by atoms with Crippen LogP contribution in [0.15, 0.2) is 30.6 Å². The fourth-order valence-corrected chi connectivity index (χ4v) is 3.13. The summed E-state index contributed by atoms with van der Waals surface area (Å²) in [5, 5.41) is 5.73. The second-order valence-electron chi connectivity index (χ2n) is 6.13. The van der Waals surface area contributed by atoms with Gasteiger partial charge < -0.3 is 11.1 Å². The molecule has 1 aromatic heterocycles. The van der Waals surface area contributed by atoms with Crippen LogP contribution in [0.1, 0.15) is 32.6 Å². The number of fused-ring (bicyclic) bond motifs is 1. The van der Waals surface area contributed by atoms with E-state index < -0.39 is 0 Å². The standard InChI is InChI=1S/C17H23N3/c1-12-2-4-13(5-3-12)10-20-16-7-6-14-11-19-9-8-15(14)17(16)18/h6-9,11-13,20H,2-5,10,18H2,1H3. The minimum atomic E-state index is 0.790. The van der Waals surface area contributed by atoms with Crippen molar-refractivity contribution in [1.29, 1.82) is 0 Å². The first-order valence-electron chi connectivity index (χ1n) is 7.60. The molecule has 0 spiro atoms. The summed E-state index contributed by atoms with van der Waals surface area (Å²) in [7, 11) is 0. The molecular weight excluding hydrogens is 246 g/mol. The molecule has 3 nitrogen and oxygen atoms in total. The predicted octanol–water partition coefficient (Wildman–Crippen LogP) is 4.06. The van der Waals surface area contributed by atoms with E-state index in [2.05, 4.69) is 29.4 Å². The summed E-state index contributed by atoms with van der Waals surface area (Å²) < 4.78 is 0. The van der Waals surface area contributed by atoms with E-state index >= 15 is 0 Å². The van der Waals surface area contributed by atoms with Crippen LogP contribution in [0, 0.1) is 11.8 Å². The Hall–Kier alpha value is -1.77. The lowest BCUT2D eigenvalue weighted by molar-refractivity contribution is 0.300. The Labute approximate surface area is 120 Å². The molecule has 3 rings (SSSR count). The molecule has 0 radical (unpaired) electrons. The molecular formula is C17H23N3. The van der Waals surface area contributed by atoms with Gasteiger partial charge in [-0.15, -0.1) is 0 Å². The van der Waals surface area contributed by atoms with Crippen molar-refractivity contribution in [2.24, 2.45) is 11.8 Å². The van der Waals surface area contributed by atoms with Crippen LogP contribution in [-0.4, -0.2) is 11.5 Å². The van der Waals surface area contributed by atoms with E-state index in [1.807, 2.05) is 12.3 Å². The molecule has 0 unspecified atom stereocenters. The Bertz CT molecular complexity index is 586. The Kier molecular flexibility index (Phi) is 3.77. The molecule has 2 aromatic rings. The smallest absolute Gasteiger partial charge is 0.0630 e. The molecule has 1 heterocycles. The SMILES string of the molecule is CC1CCC(CNc2ccc3cnccc3c2N)CC1. The fourth-order valence-electron chi connectivity index (χ4n) is 3.13. The average Bonchev–Trinajstić information content (AvgIpc) is 2.49. The molecule has 106 valence electrons. The minimum absolute atomic E-state index is 0.790. The Morgan fingerprint density at radius 1 is 1.20 bits per heavy atom. The topological polar surface area (TPSA) is 50.9 Å². The predicted molar refractivity (Wildman–Crippen MR) is 85.8 cm³/mol. The summed E-state index contributed by atoms with van der Waals surface area (Å²) in [6, 6.07) is 6.15. The van der Waals surface area contributed by atoms with Gasteiger partial charge in [0.15, 0.2) is 0 Å². The number of aromatic nitrogens is 1. The van der Waals surface area contributed by atoms with Crippen molar-refractivity contribution in [3.8, 4) is 0 Å². The maximum Gasteiger partial charge on any atom is 0.0630 e. The van der Waals surface area contributed by atoms with Crippen LogP contribution in [0.25, 0.3) is 10.8 Å². The molecule has 1 saturated carbocycles. The van der Waals surface area contributed by atoms with Crippen molar-refractivity contribution < 1.29 is 0 Å². The van der Waals surface area contributed by atoms with Gasteiger partial charge in [0.2, 0.25) is 0 Å². The molecule has 1 aliphatic rings. The van der Waals surface area contributed by atoms with E-state index in [0.29, 0.717) is 0 Å². The number of nitrogens with one attached hydrogen (secondary N) is 1. The van der Waals surface area contributed by atoms with Crippen LogP contribution in [0.3, 0.4) is 0 Å².